The number of para-hydroxylation sites is 2. The third kappa shape index (κ3) is 3.60. The van der Waals surface area contributed by atoms with Crippen molar-refractivity contribution < 1.29 is 9.21 Å². The molecule has 0 unspecified atom stereocenters. The van der Waals surface area contributed by atoms with Gasteiger partial charge in [0.15, 0.2) is 5.58 Å². The van der Waals surface area contributed by atoms with Crippen molar-refractivity contribution in [1.82, 2.24) is 4.98 Å². The highest BCUT2D eigenvalue weighted by Gasteiger charge is 2.10. The largest absolute Gasteiger partial charge is 0.436 e. The van der Waals surface area contributed by atoms with Crippen molar-refractivity contribution in [3.05, 3.63) is 83.9 Å². The Hall–Kier alpha value is -3.40. The first-order chi connectivity index (χ1) is 13.1. The van der Waals surface area contributed by atoms with Crippen molar-refractivity contribution in [2.24, 2.45) is 0 Å². The Balaban J connectivity index is 1.49. The number of fused-ring (bicyclic) bond motifs is 1. The molecule has 4 nitrogen and oxygen atoms in total. The van der Waals surface area contributed by atoms with Crippen molar-refractivity contribution in [3.8, 4) is 11.5 Å². The zero-order chi connectivity index (χ0) is 18.8. The summed E-state index contributed by atoms with van der Waals surface area (Å²) < 4.78 is 5.78. The number of benzene rings is 3. The van der Waals surface area contributed by atoms with E-state index in [1.807, 2.05) is 72.8 Å². The van der Waals surface area contributed by atoms with E-state index in [9.17, 15) is 4.79 Å². The van der Waals surface area contributed by atoms with E-state index in [1.54, 1.807) is 0 Å². The minimum absolute atomic E-state index is 0.125. The van der Waals surface area contributed by atoms with Crippen LogP contribution in [0.5, 0.6) is 0 Å². The number of hydrogen-bond donors (Lipinski definition) is 1. The van der Waals surface area contributed by atoms with Gasteiger partial charge in [0.1, 0.15) is 5.52 Å². The quantitative estimate of drug-likeness (QED) is 0.497. The van der Waals surface area contributed by atoms with Gasteiger partial charge >= 0.3 is 0 Å². The molecular formula is C23H20N2O2. The molecule has 0 aliphatic rings. The monoisotopic (exact) mass is 356 g/mol. The second-order valence-corrected chi connectivity index (χ2v) is 6.79. The third-order valence-corrected chi connectivity index (χ3v) is 4.52. The molecule has 0 aliphatic carbocycles. The summed E-state index contributed by atoms with van der Waals surface area (Å²) >= 11 is 0. The number of anilines is 1. The standard InChI is InChI=1S/C23H20N2O2/c1-15(2)16-7-9-17(10-8-16)22(26)24-19-13-11-18(12-14-19)23-25-20-5-3-4-6-21(20)27-23/h3-15H,1-2H3,(H,24,26). The van der Waals surface area contributed by atoms with Gasteiger partial charge in [-0.3, -0.25) is 4.79 Å². The van der Waals surface area contributed by atoms with E-state index in [0.29, 0.717) is 17.4 Å². The molecule has 134 valence electrons. The van der Waals surface area contributed by atoms with E-state index in [4.69, 9.17) is 4.42 Å². The normalized spacial score (nSPS) is 11.1. The molecule has 1 heterocycles. The van der Waals surface area contributed by atoms with Crippen molar-refractivity contribution in [1.29, 1.82) is 0 Å². The molecule has 0 fully saturated rings. The number of oxazole rings is 1. The van der Waals surface area contributed by atoms with Crippen LogP contribution in [0.3, 0.4) is 0 Å². The van der Waals surface area contributed by atoms with E-state index >= 15 is 0 Å². The molecule has 3 aromatic carbocycles. The second-order valence-electron chi connectivity index (χ2n) is 6.79. The SMILES string of the molecule is CC(C)c1ccc(C(=O)Nc2ccc(-c3nc4ccccc4o3)cc2)cc1. The number of nitrogens with zero attached hydrogens (tertiary/aromatic N) is 1. The summed E-state index contributed by atoms with van der Waals surface area (Å²) in [5.41, 5.74) is 5.04. The van der Waals surface area contributed by atoms with Crippen molar-refractivity contribution >= 4 is 22.7 Å². The van der Waals surface area contributed by atoms with Crippen LogP contribution in [0.2, 0.25) is 0 Å². The van der Waals surface area contributed by atoms with Gasteiger partial charge in [-0.25, -0.2) is 4.98 Å². The molecular weight excluding hydrogens is 336 g/mol. The summed E-state index contributed by atoms with van der Waals surface area (Å²) in [5, 5.41) is 2.92. The lowest BCUT2D eigenvalue weighted by atomic mass is 10.0. The van der Waals surface area contributed by atoms with Crippen molar-refractivity contribution in [3.63, 3.8) is 0 Å². The Morgan fingerprint density at radius 1 is 0.926 bits per heavy atom. The Labute approximate surface area is 157 Å². The summed E-state index contributed by atoms with van der Waals surface area (Å²) in [7, 11) is 0. The fraction of sp³-hybridized carbons (Fsp3) is 0.130. The van der Waals surface area contributed by atoms with Gasteiger partial charge in [0.2, 0.25) is 5.89 Å². The molecule has 4 aromatic rings. The number of amides is 1. The minimum Gasteiger partial charge on any atom is -0.436 e. The van der Waals surface area contributed by atoms with Crippen LogP contribution in [-0.2, 0) is 0 Å². The van der Waals surface area contributed by atoms with Gasteiger partial charge in [0.25, 0.3) is 5.91 Å². The summed E-state index contributed by atoms with van der Waals surface area (Å²) in [5.74, 6) is 0.889. The average molecular weight is 356 g/mol. The highest BCUT2D eigenvalue weighted by atomic mass is 16.3. The number of hydrogen-bond acceptors (Lipinski definition) is 3. The van der Waals surface area contributed by atoms with Gasteiger partial charge < -0.3 is 9.73 Å². The molecule has 27 heavy (non-hydrogen) atoms. The molecule has 1 amide bonds. The first kappa shape index (κ1) is 17.0. The lowest BCUT2D eigenvalue weighted by Crippen LogP contribution is -2.11. The van der Waals surface area contributed by atoms with E-state index in [0.717, 1.165) is 22.4 Å². The van der Waals surface area contributed by atoms with E-state index in [-0.39, 0.29) is 5.91 Å². The molecule has 0 aliphatic heterocycles. The molecule has 4 rings (SSSR count). The summed E-state index contributed by atoms with van der Waals surface area (Å²) in [6.07, 6.45) is 0. The first-order valence-corrected chi connectivity index (χ1v) is 8.97. The van der Waals surface area contributed by atoms with E-state index in [2.05, 4.69) is 24.1 Å². The van der Waals surface area contributed by atoms with Crippen LogP contribution in [0.4, 0.5) is 5.69 Å². The van der Waals surface area contributed by atoms with Gasteiger partial charge in [-0.05, 0) is 60.0 Å². The van der Waals surface area contributed by atoms with Crippen molar-refractivity contribution in [2.45, 2.75) is 19.8 Å². The predicted octanol–water partition coefficient (Wildman–Crippen LogP) is 5.87. The Bertz CT molecular complexity index is 1040. The number of carbonyl (C=O) groups excluding carboxylic acids is 1. The van der Waals surface area contributed by atoms with E-state index in [1.165, 1.54) is 5.56 Å². The molecule has 1 aromatic heterocycles. The smallest absolute Gasteiger partial charge is 0.255 e. The second kappa shape index (κ2) is 7.08. The third-order valence-electron chi connectivity index (χ3n) is 4.52. The first-order valence-electron chi connectivity index (χ1n) is 8.97. The molecule has 0 spiro atoms. The topological polar surface area (TPSA) is 55.1 Å². The molecule has 0 atom stereocenters. The maximum atomic E-state index is 12.4. The zero-order valence-electron chi connectivity index (χ0n) is 15.3. The average Bonchev–Trinajstić information content (AvgIpc) is 3.13. The number of aromatic nitrogens is 1. The molecule has 0 saturated heterocycles. The van der Waals surface area contributed by atoms with Crippen LogP contribution < -0.4 is 5.32 Å². The fourth-order valence-electron chi connectivity index (χ4n) is 2.91. The van der Waals surface area contributed by atoms with Gasteiger partial charge in [0, 0.05) is 16.8 Å². The molecule has 4 heteroatoms. The fourth-order valence-corrected chi connectivity index (χ4v) is 2.91. The predicted molar refractivity (Wildman–Crippen MR) is 108 cm³/mol. The van der Waals surface area contributed by atoms with Gasteiger partial charge in [0.05, 0.1) is 0 Å². The van der Waals surface area contributed by atoms with Gasteiger partial charge in [-0.2, -0.15) is 0 Å². The van der Waals surface area contributed by atoms with Crippen molar-refractivity contribution in [2.75, 3.05) is 5.32 Å². The van der Waals surface area contributed by atoms with Crippen LogP contribution in [0, 0.1) is 0 Å². The maximum Gasteiger partial charge on any atom is 0.255 e. The van der Waals surface area contributed by atoms with Crippen LogP contribution in [0.15, 0.2) is 77.2 Å². The minimum atomic E-state index is -0.125. The molecule has 0 bridgehead atoms. The Morgan fingerprint density at radius 2 is 1.63 bits per heavy atom. The highest BCUT2D eigenvalue weighted by Crippen LogP contribution is 2.25. The molecule has 0 radical (unpaired) electrons. The summed E-state index contributed by atoms with van der Waals surface area (Å²) in [6, 6.07) is 22.9. The van der Waals surface area contributed by atoms with E-state index < -0.39 is 0 Å². The Kier molecular flexibility index (Phi) is 4.47. The lowest BCUT2D eigenvalue weighted by Gasteiger charge is -2.08. The number of carbonyl (C=O) groups is 1. The van der Waals surface area contributed by atoms with Crippen LogP contribution in [0.1, 0.15) is 35.7 Å². The summed E-state index contributed by atoms with van der Waals surface area (Å²) in [6.45, 7) is 4.26. The van der Waals surface area contributed by atoms with Crippen LogP contribution in [0.25, 0.3) is 22.6 Å². The highest BCUT2D eigenvalue weighted by molar-refractivity contribution is 6.04. The van der Waals surface area contributed by atoms with Gasteiger partial charge in [-0.15, -0.1) is 0 Å². The number of rotatable bonds is 4. The molecule has 1 N–H and O–H groups in total. The lowest BCUT2D eigenvalue weighted by molar-refractivity contribution is 0.102. The Morgan fingerprint density at radius 3 is 2.30 bits per heavy atom. The summed E-state index contributed by atoms with van der Waals surface area (Å²) in [4.78, 5) is 16.9. The maximum absolute atomic E-state index is 12.4. The van der Waals surface area contributed by atoms with Crippen LogP contribution >= 0.6 is 0 Å². The van der Waals surface area contributed by atoms with Crippen LogP contribution in [-0.4, -0.2) is 10.9 Å². The van der Waals surface area contributed by atoms with Gasteiger partial charge in [-0.1, -0.05) is 38.1 Å². The number of nitrogens with one attached hydrogen (secondary N) is 1. The molecule has 0 saturated carbocycles. The zero-order valence-corrected chi connectivity index (χ0v) is 15.3.